The van der Waals surface area contributed by atoms with Crippen molar-refractivity contribution in [2.45, 2.75) is 38.1 Å². The van der Waals surface area contributed by atoms with Crippen LogP contribution in [0.1, 0.15) is 48.4 Å². The van der Waals surface area contributed by atoms with E-state index in [2.05, 4.69) is 5.32 Å². The minimum atomic E-state index is -0.311. The topological polar surface area (TPSA) is 58.6 Å². The number of nitrogens with zero attached hydrogens (tertiary/aromatic N) is 1. The molecule has 6 heteroatoms. The van der Waals surface area contributed by atoms with Crippen molar-refractivity contribution >= 4 is 17.5 Å². The molecule has 0 spiro atoms. The molecule has 1 aliphatic carbocycles. The van der Waals surface area contributed by atoms with Gasteiger partial charge in [-0.05, 0) is 72.4 Å². The molecule has 2 aliphatic rings. The van der Waals surface area contributed by atoms with Crippen molar-refractivity contribution in [2.75, 3.05) is 18.5 Å². The quantitative estimate of drug-likeness (QED) is 0.515. The lowest BCUT2D eigenvalue weighted by Gasteiger charge is -2.39. The number of halogens is 1. The lowest BCUT2D eigenvalue weighted by molar-refractivity contribution is -0.137. The Kier molecular flexibility index (Phi) is 6.80. The molecule has 1 aliphatic heterocycles. The summed E-state index contributed by atoms with van der Waals surface area (Å²) < 4.78 is 19.5. The maximum absolute atomic E-state index is 13.7. The Labute approximate surface area is 204 Å². The number of carbonyl (C=O) groups excluding carboxylic acids is 2. The van der Waals surface area contributed by atoms with Crippen LogP contribution in [0.25, 0.3) is 0 Å². The average Bonchev–Trinajstić information content (AvgIpc) is 3.43. The van der Waals surface area contributed by atoms with E-state index >= 15 is 0 Å². The lowest BCUT2D eigenvalue weighted by Crippen LogP contribution is -2.43. The highest BCUT2D eigenvalue weighted by atomic mass is 19.1. The van der Waals surface area contributed by atoms with Gasteiger partial charge in [0.05, 0.1) is 6.04 Å². The third-order valence-electron chi connectivity index (χ3n) is 6.95. The monoisotopic (exact) mass is 472 g/mol. The first-order valence-corrected chi connectivity index (χ1v) is 12.2. The van der Waals surface area contributed by atoms with Gasteiger partial charge in [0.2, 0.25) is 5.91 Å². The number of hydrogen-bond acceptors (Lipinski definition) is 3. The van der Waals surface area contributed by atoms with Gasteiger partial charge in [0.15, 0.2) is 6.61 Å². The van der Waals surface area contributed by atoms with Gasteiger partial charge in [-0.15, -0.1) is 0 Å². The number of rotatable bonds is 6. The fourth-order valence-corrected chi connectivity index (χ4v) is 5.20. The number of fused-ring (bicyclic) bond motifs is 1. The van der Waals surface area contributed by atoms with Crippen molar-refractivity contribution < 1.29 is 18.7 Å². The molecule has 1 unspecified atom stereocenters. The van der Waals surface area contributed by atoms with Crippen molar-refractivity contribution in [2.24, 2.45) is 5.92 Å². The number of benzene rings is 3. The molecule has 3 aromatic carbocycles. The summed E-state index contributed by atoms with van der Waals surface area (Å²) in [6.07, 6.45) is 4.78. The van der Waals surface area contributed by atoms with Gasteiger partial charge in [-0.25, -0.2) is 4.39 Å². The van der Waals surface area contributed by atoms with E-state index in [4.69, 9.17) is 4.74 Å². The average molecular weight is 473 g/mol. The molecule has 1 N–H and O–H groups in total. The van der Waals surface area contributed by atoms with Gasteiger partial charge in [-0.2, -0.15) is 0 Å². The second-order valence-corrected chi connectivity index (χ2v) is 9.28. The third-order valence-corrected chi connectivity index (χ3v) is 6.95. The molecule has 0 saturated heterocycles. The minimum absolute atomic E-state index is 0.0561. The summed E-state index contributed by atoms with van der Waals surface area (Å²) >= 11 is 0. The zero-order chi connectivity index (χ0) is 24.2. The van der Waals surface area contributed by atoms with Crippen molar-refractivity contribution in [3.63, 3.8) is 0 Å². The van der Waals surface area contributed by atoms with Gasteiger partial charge in [0.1, 0.15) is 11.6 Å². The first-order chi connectivity index (χ1) is 17.1. The summed E-state index contributed by atoms with van der Waals surface area (Å²) in [6, 6.07) is 21.1. The fourth-order valence-electron chi connectivity index (χ4n) is 5.20. The summed E-state index contributed by atoms with van der Waals surface area (Å²) in [5.41, 5.74) is 3.69. The van der Waals surface area contributed by atoms with Crippen molar-refractivity contribution in [3.05, 3.63) is 95.3 Å². The van der Waals surface area contributed by atoms with Gasteiger partial charge in [0, 0.05) is 18.2 Å². The molecule has 180 valence electrons. The van der Waals surface area contributed by atoms with Crippen molar-refractivity contribution in [1.82, 2.24) is 4.90 Å². The molecule has 5 rings (SSSR count). The molecular formula is C29H29FN2O3. The van der Waals surface area contributed by atoms with Crippen LogP contribution < -0.4 is 10.1 Å². The fraction of sp³-hybridized carbons (Fsp3) is 0.310. The molecule has 0 aromatic heterocycles. The van der Waals surface area contributed by atoms with Crippen LogP contribution in [-0.4, -0.2) is 29.9 Å². The zero-order valence-electron chi connectivity index (χ0n) is 19.6. The largest absolute Gasteiger partial charge is 0.484 e. The highest BCUT2D eigenvalue weighted by Gasteiger charge is 2.36. The molecular weight excluding hydrogens is 443 g/mol. The van der Waals surface area contributed by atoms with E-state index < -0.39 is 0 Å². The summed E-state index contributed by atoms with van der Waals surface area (Å²) in [5, 5.41) is 2.82. The Bertz CT molecular complexity index is 1190. The summed E-state index contributed by atoms with van der Waals surface area (Å²) in [6.45, 7) is 0.504. The molecule has 35 heavy (non-hydrogen) atoms. The number of ether oxygens (including phenoxy) is 1. The number of nitrogens with one attached hydrogen (secondary N) is 1. The molecule has 2 amide bonds. The second kappa shape index (κ2) is 10.3. The highest BCUT2D eigenvalue weighted by molar-refractivity contribution is 5.91. The van der Waals surface area contributed by atoms with Crippen LogP contribution in [0.15, 0.2) is 72.8 Å². The maximum atomic E-state index is 13.7. The Morgan fingerprint density at radius 1 is 0.971 bits per heavy atom. The van der Waals surface area contributed by atoms with Crippen LogP contribution in [0.5, 0.6) is 5.75 Å². The van der Waals surface area contributed by atoms with E-state index in [1.807, 2.05) is 53.4 Å². The smallest absolute Gasteiger partial charge is 0.262 e. The van der Waals surface area contributed by atoms with Crippen LogP contribution >= 0.6 is 0 Å². The van der Waals surface area contributed by atoms with E-state index in [-0.39, 0.29) is 36.2 Å². The molecule has 0 radical (unpaired) electrons. The van der Waals surface area contributed by atoms with Gasteiger partial charge >= 0.3 is 0 Å². The van der Waals surface area contributed by atoms with Crippen LogP contribution in [0, 0.1) is 11.7 Å². The van der Waals surface area contributed by atoms with E-state index in [0.29, 0.717) is 18.0 Å². The SMILES string of the molecule is O=C(COc1ccc2c(c1)C(c1ccc(F)cc1)N(C(=O)C1CCCC1)CC2)Nc1ccccc1. The summed E-state index contributed by atoms with van der Waals surface area (Å²) in [7, 11) is 0. The Balaban J connectivity index is 1.39. The predicted molar refractivity (Wildman–Crippen MR) is 133 cm³/mol. The van der Waals surface area contributed by atoms with Gasteiger partial charge < -0.3 is 15.0 Å². The summed E-state index contributed by atoms with van der Waals surface area (Å²) in [5.74, 6) is 0.243. The Morgan fingerprint density at radius 3 is 2.46 bits per heavy atom. The molecule has 3 aromatic rings. The van der Waals surface area contributed by atoms with Crippen LogP contribution in [0.3, 0.4) is 0 Å². The van der Waals surface area contributed by atoms with Crippen LogP contribution in [0.2, 0.25) is 0 Å². The first-order valence-electron chi connectivity index (χ1n) is 12.2. The van der Waals surface area contributed by atoms with Gasteiger partial charge in [-0.1, -0.05) is 49.2 Å². The standard InChI is InChI=1S/C29H29FN2O3/c30-23-13-10-21(11-14-23)28-26-18-25(35-19-27(33)31-24-8-2-1-3-9-24)15-12-20(26)16-17-32(28)29(34)22-6-4-5-7-22/h1-3,8-15,18,22,28H,4-7,16-17,19H2,(H,31,33). The molecule has 1 atom stereocenters. The molecule has 0 bridgehead atoms. The number of anilines is 1. The normalized spacial score (nSPS) is 17.6. The van der Waals surface area contributed by atoms with Crippen LogP contribution in [0.4, 0.5) is 10.1 Å². The predicted octanol–water partition coefficient (Wildman–Crippen LogP) is 5.51. The Hall–Kier alpha value is -3.67. The Morgan fingerprint density at radius 2 is 1.71 bits per heavy atom. The van der Waals surface area contributed by atoms with Gasteiger partial charge in [-0.3, -0.25) is 9.59 Å². The summed E-state index contributed by atoms with van der Waals surface area (Å²) in [4.78, 5) is 27.8. The van der Waals surface area contributed by atoms with Crippen LogP contribution in [-0.2, 0) is 16.0 Å². The van der Waals surface area contributed by atoms with Gasteiger partial charge in [0.25, 0.3) is 5.91 Å². The molecule has 1 saturated carbocycles. The number of hydrogen-bond donors (Lipinski definition) is 1. The second-order valence-electron chi connectivity index (χ2n) is 9.28. The maximum Gasteiger partial charge on any atom is 0.262 e. The number of para-hydroxylation sites is 1. The third kappa shape index (κ3) is 5.21. The van der Waals surface area contributed by atoms with Crippen molar-refractivity contribution in [1.29, 1.82) is 0 Å². The highest BCUT2D eigenvalue weighted by Crippen LogP contribution is 2.39. The van der Waals surface area contributed by atoms with E-state index in [1.54, 1.807) is 12.1 Å². The first kappa shape index (κ1) is 23.1. The molecule has 5 nitrogen and oxygen atoms in total. The number of amides is 2. The zero-order valence-corrected chi connectivity index (χ0v) is 19.6. The molecule has 1 heterocycles. The van der Waals surface area contributed by atoms with E-state index in [0.717, 1.165) is 48.8 Å². The number of carbonyl (C=O) groups is 2. The lowest BCUT2D eigenvalue weighted by atomic mass is 9.87. The minimum Gasteiger partial charge on any atom is -0.484 e. The van der Waals surface area contributed by atoms with E-state index in [9.17, 15) is 14.0 Å². The molecule has 1 fully saturated rings. The van der Waals surface area contributed by atoms with Crippen molar-refractivity contribution in [3.8, 4) is 5.75 Å². The van der Waals surface area contributed by atoms with E-state index in [1.165, 1.54) is 12.1 Å².